The van der Waals surface area contributed by atoms with Crippen molar-refractivity contribution in [2.24, 2.45) is 0 Å². The Morgan fingerprint density at radius 3 is 2.37 bits per heavy atom. The molecule has 1 aliphatic rings. The molecule has 2 rings (SSSR count). The fourth-order valence-corrected chi connectivity index (χ4v) is 3.68. The molecule has 0 aliphatic heterocycles. The van der Waals surface area contributed by atoms with Crippen LogP contribution in [0, 0.1) is 6.92 Å². The normalized spacial score (nSPS) is 15.8. The number of amides is 3. The van der Waals surface area contributed by atoms with Crippen molar-refractivity contribution in [3.05, 3.63) is 35.4 Å². The first-order chi connectivity index (χ1) is 14.1. The highest BCUT2D eigenvalue weighted by Crippen LogP contribution is 2.25. The number of benzene rings is 1. The van der Waals surface area contributed by atoms with Crippen LogP contribution in [-0.2, 0) is 14.3 Å². The first-order valence-corrected chi connectivity index (χ1v) is 10.7. The molecule has 1 aliphatic carbocycles. The molecular formula is C23H35N3O4. The molecule has 1 atom stereocenters. The van der Waals surface area contributed by atoms with Gasteiger partial charge in [-0.15, -0.1) is 0 Å². The Balaban J connectivity index is 2.12. The third-order valence-corrected chi connectivity index (χ3v) is 5.25. The van der Waals surface area contributed by atoms with Crippen LogP contribution in [0.15, 0.2) is 24.3 Å². The summed E-state index contributed by atoms with van der Waals surface area (Å²) in [5.41, 5.74) is 1.06. The van der Waals surface area contributed by atoms with Crippen molar-refractivity contribution in [3.63, 3.8) is 0 Å². The highest BCUT2D eigenvalue weighted by molar-refractivity contribution is 5.90. The number of ether oxygens (including phenoxy) is 1. The lowest BCUT2D eigenvalue weighted by atomic mass is 9.94. The molecule has 1 fully saturated rings. The fourth-order valence-electron chi connectivity index (χ4n) is 3.68. The van der Waals surface area contributed by atoms with E-state index in [2.05, 4.69) is 10.6 Å². The van der Waals surface area contributed by atoms with Gasteiger partial charge in [0.1, 0.15) is 18.2 Å². The van der Waals surface area contributed by atoms with Crippen LogP contribution >= 0.6 is 0 Å². The summed E-state index contributed by atoms with van der Waals surface area (Å²) >= 11 is 0. The number of nitrogens with zero attached hydrogens (tertiary/aromatic N) is 1. The molecule has 2 N–H and O–H groups in total. The van der Waals surface area contributed by atoms with Crippen molar-refractivity contribution >= 4 is 17.9 Å². The number of alkyl carbamates (subject to hydrolysis) is 1. The van der Waals surface area contributed by atoms with E-state index >= 15 is 0 Å². The van der Waals surface area contributed by atoms with Crippen molar-refractivity contribution in [2.75, 3.05) is 13.6 Å². The summed E-state index contributed by atoms with van der Waals surface area (Å²) in [6, 6.07) is 6.93. The minimum atomic E-state index is -0.763. The lowest BCUT2D eigenvalue weighted by Gasteiger charge is -2.31. The highest BCUT2D eigenvalue weighted by atomic mass is 16.6. The van der Waals surface area contributed by atoms with Crippen LogP contribution in [0.2, 0.25) is 0 Å². The average molecular weight is 418 g/mol. The quantitative estimate of drug-likeness (QED) is 0.742. The number of rotatable bonds is 6. The molecule has 0 aromatic heterocycles. The largest absolute Gasteiger partial charge is 0.444 e. The van der Waals surface area contributed by atoms with Gasteiger partial charge in [0.2, 0.25) is 11.8 Å². The molecule has 30 heavy (non-hydrogen) atoms. The minimum absolute atomic E-state index is 0.140. The van der Waals surface area contributed by atoms with Gasteiger partial charge in [0.05, 0.1) is 0 Å². The lowest BCUT2D eigenvalue weighted by Crippen LogP contribution is -2.48. The zero-order valence-corrected chi connectivity index (χ0v) is 18.8. The van der Waals surface area contributed by atoms with E-state index in [1.165, 1.54) is 11.3 Å². The molecular weight excluding hydrogens is 382 g/mol. The number of carbonyl (C=O) groups excluding carboxylic acids is 3. The van der Waals surface area contributed by atoms with Gasteiger partial charge in [-0.2, -0.15) is 0 Å². The second-order valence-electron chi connectivity index (χ2n) is 8.96. The number of aryl methyl sites for hydroxylation is 1. The Bertz CT molecular complexity index is 751. The Morgan fingerprint density at radius 1 is 1.13 bits per heavy atom. The maximum atomic E-state index is 13.2. The number of hydrogen-bond donors (Lipinski definition) is 2. The number of nitrogens with one attached hydrogen (secondary N) is 2. The SMILES string of the molecule is Cc1ccccc1C(C(=O)NC1CCCCC1)N(C)C(=O)CNC(=O)OC(C)(C)C. The second kappa shape index (κ2) is 10.5. The summed E-state index contributed by atoms with van der Waals surface area (Å²) in [6.45, 7) is 6.94. The standard InChI is InChI=1S/C23H35N3O4/c1-16-11-9-10-14-18(16)20(21(28)25-17-12-7-6-8-13-17)26(5)19(27)15-24-22(29)30-23(2,3)4/h9-11,14,17,20H,6-8,12-13,15H2,1-5H3,(H,24,29)(H,25,28). The fraction of sp³-hybridized carbons (Fsp3) is 0.609. The van der Waals surface area contributed by atoms with Gasteiger partial charge in [-0.1, -0.05) is 43.5 Å². The van der Waals surface area contributed by atoms with Crippen LogP contribution in [0.25, 0.3) is 0 Å². The summed E-state index contributed by atoms with van der Waals surface area (Å²) in [5, 5.41) is 5.61. The van der Waals surface area contributed by atoms with Crippen molar-refractivity contribution in [1.29, 1.82) is 0 Å². The molecule has 1 unspecified atom stereocenters. The van der Waals surface area contributed by atoms with Crippen LogP contribution in [0.1, 0.15) is 70.0 Å². The first-order valence-electron chi connectivity index (χ1n) is 10.7. The number of carbonyl (C=O) groups is 3. The zero-order valence-electron chi connectivity index (χ0n) is 18.8. The average Bonchev–Trinajstić information content (AvgIpc) is 2.67. The van der Waals surface area contributed by atoms with E-state index in [-0.39, 0.29) is 24.4 Å². The predicted octanol–water partition coefficient (Wildman–Crippen LogP) is 3.47. The summed E-state index contributed by atoms with van der Waals surface area (Å²) < 4.78 is 5.18. The Kier molecular flexibility index (Phi) is 8.26. The van der Waals surface area contributed by atoms with Gasteiger partial charge >= 0.3 is 6.09 Å². The Hall–Kier alpha value is -2.57. The highest BCUT2D eigenvalue weighted by Gasteiger charge is 2.31. The van der Waals surface area contributed by atoms with Gasteiger partial charge in [-0.3, -0.25) is 9.59 Å². The maximum absolute atomic E-state index is 13.2. The monoisotopic (exact) mass is 417 g/mol. The molecule has 0 heterocycles. The number of hydrogen-bond acceptors (Lipinski definition) is 4. The van der Waals surface area contributed by atoms with Crippen molar-refractivity contribution in [3.8, 4) is 0 Å². The molecule has 1 aromatic rings. The van der Waals surface area contributed by atoms with Gasteiger partial charge in [0, 0.05) is 13.1 Å². The molecule has 166 valence electrons. The third-order valence-electron chi connectivity index (χ3n) is 5.25. The first kappa shape index (κ1) is 23.7. The lowest BCUT2D eigenvalue weighted by molar-refractivity contribution is -0.139. The summed E-state index contributed by atoms with van der Waals surface area (Å²) in [5.74, 6) is -0.558. The predicted molar refractivity (Wildman–Crippen MR) is 116 cm³/mol. The van der Waals surface area contributed by atoms with E-state index in [4.69, 9.17) is 4.74 Å². The molecule has 7 heteroatoms. The molecule has 0 radical (unpaired) electrons. The van der Waals surface area contributed by atoms with Gasteiger partial charge in [-0.05, 0) is 51.7 Å². The van der Waals surface area contributed by atoms with Crippen LogP contribution in [-0.4, -0.2) is 48.0 Å². The van der Waals surface area contributed by atoms with Gasteiger partial charge in [-0.25, -0.2) is 4.79 Å². The minimum Gasteiger partial charge on any atom is -0.444 e. The molecule has 1 aromatic carbocycles. The van der Waals surface area contributed by atoms with E-state index in [1.54, 1.807) is 27.8 Å². The van der Waals surface area contributed by atoms with E-state index < -0.39 is 17.7 Å². The Morgan fingerprint density at radius 2 is 1.77 bits per heavy atom. The van der Waals surface area contributed by atoms with E-state index in [0.29, 0.717) is 0 Å². The van der Waals surface area contributed by atoms with Crippen LogP contribution in [0.4, 0.5) is 4.79 Å². The van der Waals surface area contributed by atoms with E-state index in [9.17, 15) is 14.4 Å². The van der Waals surface area contributed by atoms with Crippen LogP contribution in [0.3, 0.4) is 0 Å². The third kappa shape index (κ3) is 7.04. The summed E-state index contributed by atoms with van der Waals surface area (Å²) in [7, 11) is 1.59. The van der Waals surface area contributed by atoms with E-state index in [1.807, 2.05) is 31.2 Å². The number of likely N-dealkylation sites (N-methyl/N-ethyl adjacent to an activating group) is 1. The molecule has 0 bridgehead atoms. The second-order valence-corrected chi connectivity index (χ2v) is 8.96. The molecule has 7 nitrogen and oxygen atoms in total. The Labute approximate surface area is 179 Å². The van der Waals surface area contributed by atoms with Crippen LogP contribution in [0.5, 0.6) is 0 Å². The molecule has 1 saturated carbocycles. The molecule has 0 spiro atoms. The van der Waals surface area contributed by atoms with Crippen molar-refractivity contribution in [2.45, 2.75) is 77.5 Å². The van der Waals surface area contributed by atoms with E-state index in [0.717, 1.165) is 36.8 Å². The van der Waals surface area contributed by atoms with Gasteiger partial charge in [0.25, 0.3) is 0 Å². The zero-order chi connectivity index (χ0) is 22.3. The topological polar surface area (TPSA) is 87.7 Å². The maximum Gasteiger partial charge on any atom is 0.408 e. The molecule has 3 amide bonds. The van der Waals surface area contributed by atoms with Crippen molar-refractivity contribution < 1.29 is 19.1 Å². The summed E-state index contributed by atoms with van der Waals surface area (Å²) in [6.07, 6.45) is 4.67. The van der Waals surface area contributed by atoms with Crippen LogP contribution < -0.4 is 10.6 Å². The summed E-state index contributed by atoms with van der Waals surface area (Å²) in [4.78, 5) is 39.3. The van der Waals surface area contributed by atoms with Crippen molar-refractivity contribution in [1.82, 2.24) is 15.5 Å². The van der Waals surface area contributed by atoms with Gasteiger partial charge in [0.15, 0.2) is 0 Å². The molecule has 0 saturated heterocycles. The smallest absolute Gasteiger partial charge is 0.408 e. The van der Waals surface area contributed by atoms with Gasteiger partial charge < -0.3 is 20.3 Å².